The van der Waals surface area contributed by atoms with Crippen LogP contribution in [-0.4, -0.2) is 17.0 Å². The molecule has 0 bridgehead atoms. The highest BCUT2D eigenvalue weighted by atomic mass is 15.1. The lowest BCUT2D eigenvalue weighted by Crippen LogP contribution is -2.30. The fourth-order valence-electron chi connectivity index (χ4n) is 2.79. The Morgan fingerprint density at radius 3 is 2.38 bits per heavy atom. The second-order valence-corrected chi connectivity index (χ2v) is 5.57. The molecular formula is C14H20N2. The largest absolute Gasteiger partial charge is 0.325 e. The molecular weight excluding hydrogens is 196 g/mol. The summed E-state index contributed by atoms with van der Waals surface area (Å²) in [4.78, 5) is 2.52. The molecule has 1 aliphatic heterocycles. The molecule has 2 N–H and O–H groups in total. The van der Waals surface area contributed by atoms with Crippen LogP contribution < -0.4 is 5.73 Å². The van der Waals surface area contributed by atoms with Gasteiger partial charge in [0, 0.05) is 25.2 Å². The van der Waals surface area contributed by atoms with E-state index in [1.807, 2.05) is 0 Å². The van der Waals surface area contributed by atoms with E-state index >= 15 is 0 Å². The predicted molar refractivity (Wildman–Crippen MR) is 65.9 cm³/mol. The van der Waals surface area contributed by atoms with Crippen molar-refractivity contribution in [1.82, 2.24) is 4.90 Å². The maximum absolute atomic E-state index is 6.25. The number of hydrogen-bond acceptors (Lipinski definition) is 2. The lowest BCUT2D eigenvalue weighted by molar-refractivity contribution is 0.266. The van der Waals surface area contributed by atoms with Crippen molar-refractivity contribution < 1.29 is 0 Å². The summed E-state index contributed by atoms with van der Waals surface area (Å²) in [6.45, 7) is 5.63. The molecule has 16 heavy (non-hydrogen) atoms. The van der Waals surface area contributed by atoms with E-state index in [0.29, 0.717) is 0 Å². The van der Waals surface area contributed by atoms with E-state index in [-0.39, 0.29) is 5.54 Å². The Bertz CT molecular complexity index is 376. The standard InChI is InChI=1S/C14H20N2/c1-11-8-14(11,15)6-7-16-9-12-4-2-3-5-13(12)10-16/h2-5,11H,6-10,15H2,1H3. The van der Waals surface area contributed by atoms with Gasteiger partial charge in [-0.3, -0.25) is 4.90 Å². The van der Waals surface area contributed by atoms with Gasteiger partial charge >= 0.3 is 0 Å². The Balaban J connectivity index is 1.57. The van der Waals surface area contributed by atoms with Crippen molar-refractivity contribution in [1.29, 1.82) is 0 Å². The van der Waals surface area contributed by atoms with Gasteiger partial charge in [0.15, 0.2) is 0 Å². The summed E-state index contributed by atoms with van der Waals surface area (Å²) >= 11 is 0. The van der Waals surface area contributed by atoms with Crippen molar-refractivity contribution in [3.63, 3.8) is 0 Å². The molecule has 1 saturated carbocycles. The number of hydrogen-bond donors (Lipinski definition) is 1. The summed E-state index contributed by atoms with van der Waals surface area (Å²) in [7, 11) is 0. The maximum Gasteiger partial charge on any atom is 0.0240 e. The highest BCUT2D eigenvalue weighted by Crippen LogP contribution is 2.43. The molecule has 0 aromatic heterocycles. The quantitative estimate of drug-likeness (QED) is 0.838. The van der Waals surface area contributed by atoms with Crippen LogP contribution in [0.3, 0.4) is 0 Å². The van der Waals surface area contributed by atoms with Crippen molar-refractivity contribution in [2.45, 2.75) is 38.4 Å². The smallest absolute Gasteiger partial charge is 0.0240 e. The minimum absolute atomic E-state index is 0.161. The van der Waals surface area contributed by atoms with Crippen LogP contribution in [0.15, 0.2) is 24.3 Å². The molecule has 1 aliphatic carbocycles. The highest BCUT2D eigenvalue weighted by Gasteiger charge is 2.47. The van der Waals surface area contributed by atoms with Crippen LogP contribution in [0.1, 0.15) is 30.9 Å². The van der Waals surface area contributed by atoms with Crippen LogP contribution in [0.25, 0.3) is 0 Å². The Labute approximate surface area is 97.4 Å². The molecule has 2 nitrogen and oxygen atoms in total. The first kappa shape index (κ1) is 10.3. The zero-order chi connectivity index (χ0) is 11.2. The van der Waals surface area contributed by atoms with Crippen LogP contribution in [-0.2, 0) is 13.1 Å². The van der Waals surface area contributed by atoms with Crippen LogP contribution in [0.4, 0.5) is 0 Å². The Morgan fingerprint density at radius 1 is 1.31 bits per heavy atom. The number of benzene rings is 1. The van der Waals surface area contributed by atoms with Gasteiger partial charge in [-0.2, -0.15) is 0 Å². The molecule has 0 saturated heterocycles. The molecule has 1 aromatic rings. The van der Waals surface area contributed by atoms with E-state index in [4.69, 9.17) is 5.73 Å². The topological polar surface area (TPSA) is 29.3 Å². The molecule has 0 spiro atoms. The van der Waals surface area contributed by atoms with Gasteiger partial charge in [0.2, 0.25) is 0 Å². The Kier molecular flexibility index (Phi) is 2.30. The lowest BCUT2D eigenvalue weighted by Gasteiger charge is -2.18. The first-order chi connectivity index (χ1) is 7.67. The van der Waals surface area contributed by atoms with Crippen LogP contribution >= 0.6 is 0 Å². The molecule has 2 atom stereocenters. The van der Waals surface area contributed by atoms with Crippen LogP contribution in [0.2, 0.25) is 0 Å². The van der Waals surface area contributed by atoms with Crippen LogP contribution in [0, 0.1) is 5.92 Å². The van der Waals surface area contributed by atoms with Crippen molar-refractivity contribution in [2.24, 2.45) is 11.7 Å². The van der Waals surface area contributed by atoms with E-state index in [0.717, 1.165) is 32.0 Å². The molecule has 86 valence electrons. The van der Waals surface area contributed by atoms with Crippen molar-refractivity contribution >= 4 is 0 Å². The van der Waals surface area contributed by atoms with Gasteiger partial charge in [-0.15, -0.1) is 0 Å². The molecule has 2 heteroatoms. The molecule has 2 unspecified atom stereocenters. The lowest BCUT2D eigenvalue weighted by atomic mass is 10.1. The summed E-state index contributed by atoms with van der Waals surface area (Å²) in [5.41, 5.74) is 9.40. The second kappa shape index (κ2) is 3.57. The van der Waals surface area contributed by atoms with Gasteiger partial charge in [-0.05, 0) is 29.9 Å². The zero-order valence-corrected chi connectivity index (χ0v) is 9.95. The number of fused-ring (bicyclic) bond motifs is 1. The average Bonchev–Trinajstić information content (AvgIpc) is 2.74. The minimum atomic E-state index is 0.161. The van der Waals surface area contributed by atoms with Crippen molar-refractivity contribution in [3.8, 4) is 0 Å². The fraction of sp³-hybridized carbons (Fsp3) is 0.571. The SMILES string of the molecule is CC1CC1(N)CCN1Cc2ccccc2C1. The van der Waals surface area contributed by atoms with Crippen molar-refractivity contribution in [2.75, 3.05) is 6.54 Å². The van der Waals surface area contributed by atoms with Crippen molar-refractivity contribution in [3.05, 3.63) is 35.4 Å². The molecule has 1 fully saturated rings. The second-order valence-electron chi connectivity index (χ2n) is 5.57. The van der Waals surface area contributed by atoms with Gasteiger partial charge in [-0.1, -0.05) is 31.2 Å². The molecule has 0 radical (unpaired) electrons. The fourth-order valence-corrected chi connectivity index (χ4v) is 2.79. The van der Waals surface area contributed by atoms with Crippen LogP contribution in [0.5, 0.6) is 0 Å². The summed E-state index contributed by atoms with van der Waals surface area (Å²) in [5.74, 6) is 0.734. The third-order valence-electron chi connectivity index (χ3n) is 4.31. The molecule has 3 rings (SSSR count). The van der Waals surface area contributed by atoms with Gasteiger partial charge in [0.05, 0.1) is 0 Å². The monoisotopic (exact) mass is 216 g/mol. The highest BCUT2D eigenvalue weighted by molar-refractivity contribution is 5.30. The third kappa shape index (κ3) is 1.76. The average molecular weight is 216 g/mol. The molecule has 2 aliphatic rings. The molecule has 0 amide bonds. The molecule has 1 aromatic carbocycles. The zero-order valence-electron chi connectivity index (χ0n) is 9.95. The minimum Gasteiger partial charge on any atom is -0.325 e. The van der Waals surface area contributed by atoms with E-state index < -0.39 is 0 Å². The summed E-state index contributed by atoms with van der Waals surface area (Å²) in [6, 6.07) is 8.76. The predicted octanol–water partition coefficient (Wildman–Crippen LogP) is 2.13. The first-order valence-corrected chi connectivity index (χ1v) is 6.25. The molecule has 1 heterocycles. The summed E-state index contributed by atoms with van der Waals surface area (Å²) < 4.78 is 0. The van der Waals surface area contributed by atoms with E-state index in [2.05, 4.69) is 36.1 Å². The maximum atomic E-state index is 6.25. The van der Waals surface area contributed by atoms with E-state index in [1.54, 1.807) is 0 Å². The number of rotatable bonds is 3. The Morgan fingerprint density at radius 2 is 1.88 bits per heavy atom. The summed E-state index contributed by atoms with van der Waals surface area (Å²) in [6.07, 6.45) is 2.37. The number of nitrogens with zero attached hydrogens (tertiary/aromatic N) is 1. The van der Waals surface area contributed by atoms with Gasteiger partial charge in [0.1, 0.15) is 0 Å². The third-order valence-corrected chi connectivity index (χ3v) is 4.31. The van der Waals surface area contributed by atoms with E-state index in [9.17, 15) is 0 Å². The van der Waals surface area contributed by atoms with Gasteiger partial charge in [0.25, 0.3) is 0 Å². The first-order valence-electron chi connectivity index (χ1n) is 6.25. The van der Waals surface area contributed by atoms with E-state index in [1.165, 1.54) is 17.5 Å². The Hall–Kier alpha value is -0.860. The summed E-state index contributed by atoms with van der Waals surface area (Å²) in [5, 5.41) is 0. The van der Waals surface area contributed by atoms with Gasteiger partial charge < -0.3 is 5.73 Å². The number of nitrogens with two attached hydrogens (primary N) is 1. The normalized spacial score (nSPS) is 32.8. The van der Waals surface area contributed by atoms with Gasteiger partial charge in [-0.25, -0.2) is 0 Å².